The summed E-state index contributed by atoms with van der Waals surface area (Å²) < 4.78 is 16.5. The van der Waals surface area contributed by atoms with Gasteiger partial charge in [-0.15, -0.1) is 0 Å². The first-order valence-electron chi connectivity index (χ1n) is 7.69. The molecule has 118 valence electrons. The number of nitrogens with one attached hydrogen (secondary N) is 1. The van der Waals surface area contributed by atoms with Gasteiger partial charge in [0.25, 0.3) is 0 Å². The van der Waals surface area contributed by atoms with Crippen LogP contribution in [-0.2, 0) is 19.0 Å². The van der Waals surface area contributed by atoms with E-state index in [9.17, 15) is 4.79 Å². The number of likely N-dealkylation sites (N-methyl/N-ethyl adjacent to an activating group) is 1. The Hall–Kier alpha value is -0.650. The fraction of sp³-hybridized carbons (Fsp3) is 0.933. The van der Waals surface area contributed by atoms with E-state index in [1.54, 1.807) is 0 Å². The van der Waals surface area contributed by atoms with Crippen LogP contribution in [0.5, 0.6) is 0 Å². The fourth-order valence-corrected chi connectivity index (χ4v) is 2.67. The van der Waals surface area contributed by atoms with Crippen molar-refractivity contribution in [2.45, 2.75) is 64.7 Å². The molecule has 5 nitrogen and oxygen atoms in total. The summed E-state index contributed by atoms with van der Waals surface area (Å²) in [6.45, 7) is 10.2. The standard InChI is InChI=1S/C15H29NO4/c1-5-16-15(14(17)18-6-2)8-7-13(11-15)20-10-9-19-12(3)4/h12-13,16H,5-11H2,1-4H3. The van der Waals surface area contributed by atoms with Gasteiger partial charge in [0, 0.05) is 6.42 Å². The van der Waals surface area contributed by atoms with Crippen LogP contribution in [0.4, 0.5) is 0 Å². The van der Waals surface area contributed by atoms with Gasteiger partial charge >= 0.3 is 5.97 Å². The average molecular weight is 287 g/mol. The van der Waals surface area contributed by atoms with Gasteiger partial charge in [0.15, 0.2) is 0 Å². The molecule has 0 spiro atoms. The van der Waals surface area contributed by atoms with Crippen LogP contribution in [-0.4, -0.2) is 50.1 Å². The lowest BCUT2D eigenvalue weighted by Gasteiger charge is -2.27. The third-order valence-corrected chi connectivity index (χ3v) is 3.54. The molecule has 1 N–H and O–H groups in total. The molecular formula is C15H29NO4. The van der Waals surface area contributed by atoms with Crippen LogP contribution in [0, 0.1) is 0 Å². The Labute approximate surface area is 122 Å². The van der Waals surface area contributed by atoms with E-state index in [0.717, 1.165) is 19.4 Å². The predicted molar refractivity (Wildman–Crippen MR) is 77.7 cm³/mol. The molecule has 0 saturated heterocycles. The lowest BCUT2D eigenvalue weighted by Crippen LogP contribution is -2.51. The minimum atomic E-state index is -0.561. The van der Waals surface area contributed by atoms with Crippen LogP contribution in [0.15, 0.2) is 0 Å². The molecule has 1 rings (SSSR count). The van der Waals surface area contributed by atoms with Crippen molar-refractivity contribution in [2.24, 2.45) is 0 Å². The lowest BCUT2D eigenvalue weighted by molar-refractivity contribution is -0.151. The second-order valence-electron chi connectivity index (χ2n) is 5.49. The number of ether oxygens (including phenoxy) is 3. The van der Waals surface area contributed by atoms with E-state index in [1.807, 2.05) is 27.7 Å². The summed E-state index contributed by atoms with van der Waals surface area (Å²) in [7, 11) is 0. The van der Waals surface area contributed by atoms with E-state index < -0.39 is 5.54 Å². The van der Waals surface area contributed by atoms with Crippen molar-refractivity contribution in [2.75, 3.05) is 26.4 Å². The van der Waals surface area contributed by atoms with Crippen molar-refractivity contribution in [3.8, 4) is 0 Å². The third-order valence-electron chi connectivity index (χ3n) is 3.54. The van der Waals surface area contributed by atoms with E-state index in [-0.39, 0.29) is 18.2 Å². The summed E-state index contributed by atoms with van der Waals surface area (Å²) in [4.78, 5) is 12.2. The van der Waals surface area contributed by atoms with Crippen LogP contribution in [0.25, 0.3) is 0 Å². The average Bonchev–Trinajstić information content (AvgIpc) is 2.80. The maximum absolute atomic E-state index is 12.2. The van der Waals surface area contributed by atoms with Gasteiger partial charge in [-0.3, -0.25) is 4.79 Å². The van der Waals surface area contributed by atoms with Crippen LogP contribution < -0.4 is 5.32 Å². The molecule has 0 radical (unpaired) electrons. The second kappa shape index (κ2) is 8.60. The number of carbonyl (C=O) groups excluding carboxylic acids is 1. The summed E-state index contributed by atoms with van der Waals surface area (Å²) in [6.07, 6.45) is 2.67. The first-order valence-corrected chi connectivity index (χ1v) is 7.69. The maximum atomic E-state index is 12.2. The summed E-state index contributed by atoms with van der Waals surface area (Å²) in [5.74, 6) is -0.147. The van der Waals surface area contributed by atoms with Gasteiger partial charge < -0.3 is 19.5 Å². The zero-order valence-electron chi connectivity index (χ0n) is 13.2. The van der Waals surface area contributed by atoms with Gasteiger partial charge in [0.2, 0.25) is 0 Å². The van der Waals surface area contributed by atoms with Crippen molar-refractivity contribution in [1.29, 1.82) is 0 Å². The highest BCUT2D eigenvalue weighted by atomic mass is 16.5. The molecule has 5 heteroatoms. The molecule has 0 aromatic carbocycles. The van der Waals surface area contributed by atoms with E-state index in [0.29, 0.717) is 26.2 Å². The summed E-state index contributed by atoms with van der Waals surface area (Å²) in [5.41, 5.74) is -0.561. The molecule has 0 heterocycles. The lowest BCUT2D eigenvalue weighted by atomic mass is 9.97. The van der Waals surface area contributed by atoms with Crippen molar-refractivity contribution in [3.63, 3.8) is 0 Å². The topological polar surface area (TPSA) is 56.8 Å². The molecule has 0 amide bonds. The largest absolute Gasteiger partial charge is 0.465 e. The Morgan fingerprint density at radius 3 is 2.70 bits per heavy atom. The fourth-order valence-electron chi connectivity index (χ4n) is 2.67. The predicted octanol–water partition coefficient (Wildman–Crippen LogP) is 1.89. The molecule has 0 aliphatic heterocycles. The normalized spacial score (nSPS) is 26.1. The van der Waals surface area contributed by atoms with Gasteiger partial charge in [-0.1, -0.05) is 6.92 Å². The molecule has 0 aromatic heterocycles. The molecule has 1 aliphatic carbocycles. The molecule has 0 bridgehead atoms. The van der Waals surface area contributed by atoms with Gasteiger partial charge in [0.1, 0.15) is 5.54 Å². The van der Waals surface area contributed by atoms with Gasteiger partial charge in [-0.05, 0) is 40.2 Å². The monoisotopic (exact) mass is 287 g/mol. The van der Waals surface area contributed by atoms with Crippen molar-refractivity contribution >= 4 is 5.97 Å². The second-order valence-corrected chi connectivity index (χ2v) is 5.49. The number of hydrogen-bond acceptors (Lipinski definition) is 5. The van der Waals surface area contributed by atoms with Gasteiger partial charge in [-0.2, -0.15) is 0 Å². The Morgan fingerprint density at radius 1 is 1.35 bits per heavy atom. The molecule has 1 fully saturated rings. The molecule has 1 aliphatic rings. The number of esters is 1. The zero-order chi connectivity index (χ0) is 15.0. The van der Waals surface area contributed by atoms with E-state index in [2.05, 4.69) is 5.32 Å². The van der Waals surface area contributed by atoms with Crippen LogP contribution in [0.1, 0.15) is 47.0 Å². The molecule has 0 aromatic rings. The Balaban J connectivity index is 2.42. The smallest absolute Gasteiger partial charge is 0.326 e. The summed E-state index contributed by atoms with van der Waals surface area (Å²) >= 11 is 0. The Bertz CT molecular complexity index is 296. The highest BCUT2D eigenvalue weighted by molar-refractivity contribution is 5.81. The maximum Gasteiger partial charge on any atom is 0.326 e. The number of hydrogen-bond donors (Lipinski definition) is 1. The Morgan fingerprint density at radius 2 is 2.10 bits per heavy atom. The third kappa shape index (κ3) is 5.04. The number of carbonyl (C=O) groups is 1. The summed E-state index contributed by atoms with van der Waals surface area (Å²) in [5, 5.41) is 3.30. The van der Waals surface area contributed by atoms with Crippen LogP contribution in [0.3, 0.4) is 0 Å². The van der Waals surface area contributed by atoms with Crippen molar-refractivity contribution in [3.05, 3.63) is 0 Å². The SMILES string of the molecule is CCNC1(C(=O)OCC)CCC(OCCOC(C)C)C1. The van der Waals surface area contributed by atoms with Gasteiger partial charge in [-0.25, -0.2) is 0 Å². The van der Waals surface area contributed by atoms with E-state index in [4.69, 9.17) is 14.2 Å². The van der Waals surface area contributed by atoms with Crippen LogP contribution >= 0.6 is 0 Å². The molecule has 2 atom stereocenters. The molecule has 1 saturated carbocycles. The Kier molecular flexibility index (Phi) is 7.48. The quantitative estimate of drug-likeness (QED) is 0.518. The highest BCUT2D eigenvalue weighted by Gasteiger charge is 2.46. The minimum absolute atomic E-state index is 0.106. The van der Waals surface area contributed by atoms with E-state index >= 15 is 0 Å². The van der Waals surface area contributed by atoms with Gasteiger partial charge in [0.05, 0.1) is 32.0 Å². The molecular weight excluding hydrogens is 258 g/mol. The minimum Gasteiger partial charge on any atom is -0.465 e. The molecule has 2 unspecified atom stereocenters. The van der Waals surface area contributed by atoms with E-state index in [1.165, 1.54) is 0 Å². The van der Waals surface area contributed by atoms with Crippen molar-refractivity contribution in [1.82, 2.24) is 5.32 Å². The highest BCUT2D eigenvalue weighted by Crippen LogP contribution is 2.33. The van der Waals surface area contributed by atoms with Crippen LogP contribution in [0.2, 0.25) is 0 Å². The van der Waals surface area contributed by atoms with Crippen molar-refractivity contribution < 1.29 is 19.0 Å². The first kappa shape index (κ1) is 17.4. The summed E-state index contributed by atoms with van der Waals surface area (Å²) in [6, 6.07) is 0. The number of rotatable bonds is 9. The zero-order valence-corrected chi connectivity index (χ0v) is 13.2. The molecule has 20 heavy (non-hydrogen) atoms. The first-order chi connectivity index (χ1) is 9.54.